The van der Waals surface area contributed by atoms with Crippen LogP contribution in [0, 0.1) is 0 Å². The van der Waals surface area contributed by atoms with E-state index in [0.717, 1.165) is 4.47 Å². The molecule has 1 rings (SSSR count). The maximum atomic E-state index is 5.82. The van der Waals surface area contributed by atoms with Crippen LogP contribution in [-0.2, 0) is 0 Å². The quantitative estimate of drug-likeness (QED) is 0.883. The van der Waals surface area contributed by atoms with Crippen molar-refractivity contribution >= 4 is 15.9 Å². The molecule has 0 spiro atoms. The summed E-state index contributed by atoms with van der Waals surface area (Å²) in [5, 5.41) is 3.48. The van der Waals surface area contributed by atoms with Crippen LogP contribution in [0.4, 0.5) is 0 Å². The topological polar surface area (TPSA) is 38.0 Å². The number of benzene rings is 1. The van der Waals surface area contributed by atoms with E-state index >= 15 is 0 Å². The molecule has 1 aromatic rings. The van der Waals surface area contributed by atoms with Crippen molar-refractivity contribution in [3.63, 3.8) is 0 Å². The van der Waals surface area contributed by atoms with E-state index in [-0.39, 0.29) is 6.04 Å². The number of hydrogen-bond acceptors (Lipinski definition) is 2. The second-order valence-electron chi connectivity index (χ2n) is 4.09. The number of nitrogens with one attached hydrogen (secondary N) is 1. The van der Waals surface area contributed by atoms with E-state index in [0.29, 0.717) is 12.1 Å². The summed E-state index contributed by atoms with van der Waals surface area (Å²) in [6.07, 6.45) is 0. The summed E-state index contributed by atoms with van der Waals surface area (Å²) in [5.41, 5.74) is 7.10. The molecule has 0 aliphatic carbocycles. The fourth-order valence-electron chi connectivity index (χ4n) is 1.42. The average molecular weight is 271 g/mol. The Labute approximate surface area is 100 Å². The smallest absolute Gasteiger partial charge is 0.0295 e. The Hall–Kier alpha value is -0.380. The molecule has 15 heavy (non-hydrogen) atoms. The Bertz CT molecular complexity index is 312. The third-order valence-corrected chi connectivity index (χ3v) is 3.14. The van der Waals surface area contributed by atoms with E-state index in [1.807, 2.05) is 19.1 Å². The zero-order chi connectivity index (χ0) is 11.4. The van der Waals surface area contributed by atoms with Gasteiger partial charge in [0.2, 0.25) is 0 Å². The zero-order valence-electron chi connectivity index (χ0n) is 9.50. The molecule has 0 aliphatic rings. The fourth-order valence-corrected chi connectivity index (χ4v) is 1.84. The summed E-state index contributed by atoms with van der Waals surface area (Å²) >= 11 is 3.47. The molecular weight excluding hydrogens is 252 g/mol. The van der Waals surface area contributed by atoms with Crippen LogP contribution >= 0.6 is 15.9 Å². The van der Waals surface area contributed by atoms with Crippen LogP contribution in [0.2, 0.25) is 0 Å². The largest absolute Gasteiger partial charge is 0.327 e. The van der Waals surface area contributed by atoms with Crippen LogP contribution < -0.4 is 11.1 Å². The minimum absolute atomic E-state index is 0.166. The van der Waals surface area contributed by atoms with Crippen molar-refractivity contribution in [2.45, 2.75) is 38.9 Å². The number of nitrogens with two attached hydrogens (primary N) is 1. The van der Waals surface area contributed by atoms with E-state index in [1.165, 1.54) is 5.56 Å². The molecule has 0 aromatic heterocycles. The minimum atomic E-state index is 0.166. The molecule has 0 saturated carbocycles. The Balaban J connectivity index is 2.64. The lowest BCUT2D eigenvalue weighted by Crippen LogP contribution is -2.41. The van der Waals surface area contributed by atoms with Gasteiger partial charge in [-0.05, 0) is 38.5 Å². The SMILES string of the molecule is CC(NC(C)C(C)N)c1cccc(Br)c1. The van der Waals surface area contributed by atoms with Crippen LogP contribution in [0.15, 0.2) is 28.7 Å². The van der Waals surface area contributed by atoms with Gasteiger partial charge in [0, 0.05) is 22.6 Å². The number of hydrogen-bond donors (Lipinski definition) is 2. The first-order valence-electron chi connectivity index (χ1n) is 5.28. The molecule has 1 aromatic carbocycles. The van der Waals surface area contributed by atoms with Crippen molar-refractivity contribution < 1.29 is 0 Å². The average Bonchev–Trinajstić information content (AvgIpc) is 2.17. The Morgan fingerprint density at radius 1 is 1.27 bits per heavy atom. The second-order valence-corrected chi connectivity index (χ2v) is 5.01. The first-order valence-corrected chi connectivity index (χ1v) is 6.07. The van der Waals surface area contributed by atoms with Gasteiger partial charge in [-0.3, -0.25) is 0 Å². The maximum Gasteiger partial charge on any atom is 0.0295 e. The Morgan fingerprint density at radius 3 is 2.47 bits per heavy atom. The van der Waals surface area contributed by atoms with Gasteiger partial charge in [0.15, 0.2) is 0 Å². The van der Waals surface area contributed by atoms with Gasteiger partial charge in [-0.2, -0.15) is 0 Å². The molecule has 3 N–H and O–H groups in total. The highest BCUT2D eigenvalue weighted by Crippen LogP contribution is 2.18. The second kappa shape index (κ2) is 5.64. The minimum Gasteiger partial charge on any atom is -0.327 e. The monoisotopic (exact) mass is 270 g/mol. The predicted molar refractivity (Wildman–Crippen MR) is 68.8 cm³/mol. The van der Waals surface area contributed by atoms with E-state index in [1.54, 1.807) is 0 Å². The summed E-state index contributed by atoms with van der Waals surface area (Å²) in [6.45, 7) is 6.28. The lowest BCUT2D eigenvalue weighted by Gasteiger charge is -2.23. The Morgan fingerprint density at radius 2 is 1.93 bits per heavy atom. The summed E-state index contributed by atoms with van der Waals surface area (Å²) in [7, 11) is 0. The van der Waals surface area contributed by atoms with Crippen molar-refractivity contribution in [3.8, 4) is 0 Å². The molecule has 3 unspecified atom stereocenters. The standard InChI is InChI=1S/C12H19BrN2/c1-8(14)9(2)15-10(3)11-5-4-6-12(13)7-11/h4-10,15H,14H2,1-3H3. The molecule has 0 bridgehead atoms. The van der Waals surface area contributed by atoms with Crippen molar-refractivity contribution in [1.29, 1.82) is 0 Å². The van der Waals surface area contributed by atoms with E-state index in [4.69, 9.17) is 5.73 Å². The van der Waals surface area contributed by atoms with Crippen LogP contribution in [0.25, 0.3) is 0 Å². The maximum absolute atomic E-state index is 5.82. The van der Waals surface area contributed by atoms with E-state index in [9.17, 15) is 0 Å². The van der Waals surface area contributed by atoms with E-state index < -0.39 is 0 Å². The molecule has 0 amide bonds. The van der Waals surface area contributed by atoms with Crippen molar-refractivity contribution in [2.24, 2.45) is 5.73 Å². The van der Waals surface area contributed by atoms with Gasteiger partial charge in [0.25, 0.3) is 0 Å². The summed E-state index contributed by atoms with van der Waals surface area (Å²) in [5.74, 6) is 0. The predicted octanol–water partition coefficient (Wildman–Crippen LogP) is 2.84. The molecule has 2 nitrogen and oxygen atoms in total. The molecule has 3 heteroatoms. The highest BCUT2D eigenvalue weighted by molar-refractivity contribution is 9.10. The summed E-state index contributed by atoms with van der Waals surface area (Å²) in [6, 6.07) is 9.14. The third-order valence-electron chi connectivity index (χ3n) is 2.65. The van der Waals surface area contributed by atoms with Crippen LogP contribution in [0.3, 0.4) is 0 Å². The zero-order valence-corrected chi connectivity index (χ0v) is 11.1. The molecule has 0 saturated heterocycles. The highest BCUT2D eigenvalue weighted by atomic mass is 79.9. The lowest BCUT2D eigenvalue weighted by atomic mass is 10.1. The highest BCUT2D eigenvalue weighted by Gasteiger charge is 2.12. The van der Waals surface area contributed by atoms with Crippen LogP contribution in [0.5, 0.6) is 0 Å². The van der Waals surface area contributed by atoms with E-state index in [2.05, 4.69) is 47.2 Å². The van der Waals surface area contributed by atoms with Crippen LogP contribution in [0.1, 0.15) is 32.4 Å². The van der Waals surface area contributed by atoms with Gasteiger partial charge in [-0.15, -0.1) is 0 Å². The van der Waals surface area contributed by atoms with Crippen molar-refractivity contribution in [1.82, 2.24) is 5.32 Å². The molecule has 0 heterocycles. The molecule has 0 fully saturated rings. The number of halogens is 1. The summed E-state index contributed by atoms with van der Waals surface area (Å²) in [4.78, 5) is 0. The van der Waals surface area contributed by atoms with Gasteiger partial charge in [-0.1, -0.05) is 28.1 Å². The molecule has 0 aliphatic heterocycles. The molecule has 3 atom stereocenters. The summed E-state index contributed by atoms with van der Waals surface area (Å²) < 4.78 is 1.11. The molecule has 0 radical (unpaired) electrons. The number of rotatable bonds is 4. The normalized spacial score (nSPS) is 17.1. The van der Waals surface area contributed by atoms with Crippen LogP contribution in [-0.4, -0.2) is 12.1 Å². The van der Waals surface area contributed by atoms with Gasteiger partial charge >= 0.3 is 0 Å². The van der Waals surface area contributed by atoms with Gasteiger partial charge in [-0.25, -0.2) is 0 Å². The Kier molecular flexibility index (Phi) is 4.77. The molecular formula is C12H19BrN2. The van der Waals surface area contributed by atoms with Crippen molar-refractivity contribution in [2.75, 3.05) is 0 Å². The van der Waals surface area contributed by atoms with Gasteiger partial charge < -0.3 is 11.1 Å². The molecule has 84 valence electrons. The van der Waals surface area contributed by atoms with Gasteiger partial charge in [0.05, 0.1) is 0 Å². The third kappa shape index (κ3) is 3.93. The first-order chi connectivity index (χ1) is 7.00. The van der Waals surface area contributed by atoms with Gasteiger partial charge in [0.1, 0.15) is 0 Å². The fraction of sp³-hybridized carbons (Fsp3) is 0.500. The lowest BCUT2D eigenvalue weighted by molar-refractivity contribution is 0.430. The van der Waals surface area contributed by atoms with Crippen molar-refractivity contribution in [3.05, 3.63) is 34.3 Å². The first kappa shape index (κ1) is 12.7.